The molecule has 0 radical (unpaired) electrons. The fourth-order valence-corrected chi connectivity index (χ4v) is 2.64. The molecule has 1 aliphatic heterocycles. The van der Waals surface area contributed by atoms with Crippen molar-refractivity contribution in [1.82, 2.24) is 5.32 Å². The molecule has 3 nitrogen and oxygen atoms in total. The van der Waals surface area contributed by atoms with Gasteiger partial charge >= 0.3 is 0 Å². The van der Waals surface area contributed by atoms with E-state index in [0.717, 1.165) is 32.5 Å². The van der Waals surface area contributed by atoms with Gasteiger partial charge in [-0.3, -0.25) is 0 Å². The number of anilines is 1. The highest BCUT2D eigenvalue weighted by atomic mass is 19.1. The van der Waals surface area contributed by atoms with Crippen LogP contribution < -0.4 is 10.2 Å². The second kappa shape index (κ2) is 6.87. The van der Waals surface area contributed by atoms with Crippen LogP contribution in [0.2, 0.25) is 0 Å². The minimum absolute atomic E-state index is 0.158. The molecule has 0 spiro atoms. The molecule has 0 aliphatic carbocycles. The van der Waals surface area contributed by atoms with Gasteiger partial charge in [-0.05, 0) is 38.9 Å². The number of para-hydroxylation sites is 1. The predicted molar refractivity (Wildman–Crippen MR) is 76.1 cm³/mol. The fraction of sp³-hybridized carbons (Fsp3) is 0.600. The van der Waals surface area contributed by atoms with E-state index in [9.17, 15) is 4.39 Å². The van der Waals surface area contributed by atoms with E-state index in [1.165, 1.54) is 6.07 Å². The fourth-order valence-electron chi connectivity index (χ4n) is 2.64. The van der Waals surface area contributed by atoms with E-state index in [1.807, 2.05) is 26.1 Å². The summed E-state index contributed by atoms with van der Waals surface area (Å²) >= 11 is 0. The van der Waals surface area contributed by atoms with E-state index in [1.54, 1.807) is 6.07 Å². The summed E-state index contributed by atoms with van der Waals surface area (Å²) in [5, 5.41) is 3.14. The van der Waals surface area contributed by atoms with Crippen molar-refractivity contribution in [3.8, 4) is 0 Å². The van der Waals surface area contributed by atoms with Crippen molar-refractivity contribution in [2.45, 2.75) is 32.0 Å². The van der Waals surface area contributed by atoms with Crippen molar-refractivity contribution in [2.24, 2.45) is 0 Å². The Morgan fingerprint density at radius 1 is 1.32 bits per heavy atom. The maximum atomic E-state index is 13.8. The lowest BCUT2D eigenvalue weighted by Crippen LogP contribution is -2.34. The third-order valence-corrected chi connectivity index (χ3v) is 3.63. The molecule has 0 amide bonds. The predicted octanol–water partition coefficient (Wildman–Crippen LogP) is 2.42. The SMILES string of the molecule is CCN(CC1CCC(CNC)O1)c1ccccc1F. The Hall–Kier alpha value is -1.13. The number of hydrogen-bond donors (Lipinski definition) is 1. The lowest BCUT2D eigenvalue weighted by Gasteiger charge is -2.26. The molecular formula is C15H23FN2O. The molecule has 1 aromatic carbocycles. The first-order chi connectivity index (χ1) is 9.24. The molecule has 1 saturated heterocycles. The Morgan fingerprint density at radius 3 is 2.74 bits per heavy atom. The van der Waals surface area contributed by atoms with Gasteiger partial charge in [0.2, 0.25) is 0 Å². The lowest BCUT2D eigenvalue weighted by atomic mass is 10.1. The third-order valence-electron chi connectivity index (χ3n) is 3.63. The second-order valence-electron chi connectivity index (χ2n) is 5.01. The van der Waals surface area contributed by atoms with Gasteiger partial charge in [-0.1, -0.05) is 12.1 Å². The van der Waals surface area contributed by atoms with Crippen molar-refractivity contribution in [2.75, 3.05) is 31.6 Å². The summed E-state index contributed by atoms with van der Waals surface area (Å²) in [6, 6.07) is 6.94. The Balaban J connectivity index is 1.95. The first kappa shape index (κ1) is 14.3. The van der Waals surface area contributed by atoms with Gasteiger partial charge in [0.05, 0.1) is 17.9 Å². The van der Waals surface area contributed by atoms with Crippen LogP contribution in [-0.4, -0.2) is 38.9 Å². The van der Waals surface area contributed by atoms with Gasteiger partial charge < -0.3 is 15.0 Å². The van der Waals surface area contributed by atoms with Gasteiger partial charge in [-0.15, -0.1) is 0 Å². The Bertz CT molecular complexity index is 399. The number of nitrogens with zero attached hydrogens (tertiary/aromatic N) is 1. The molecular weight excluding hydrogens is 243 g/mol. The zero-order chi connectivity index (χ0) is 13.7. The molecule has 1 aromatic rings. The van der Waals surface area contributed by atoms with Crippen molar-refractivity contribution < 1.29 is 9.13 Å². The van der Waals surface area contributed by atoms with Crippen LogP contribution in [-0.2, 0) is 4.74 Å². The van der Waals surface area contributed by atoms with Crippen LogP contribution in [0.5, 0.6) is 0 Å². The monoisotopic (exact) mass is 266 g/mol. The number of ether oxygens (including phenoxy) is 1. The summed E-state index contributed by atoms with van der Waals surface area (Å²) in [6.45, 7) is 4.49. The highest BCUT2D eigenvalue weighted by Crippen LogP contribution is 2.24. The molecule has 1 aliphatic rings. The first-order valence-electron chi connectivity index (χ1n) is 7.04. The highest BCUT2D eigenvalue weighted by molar-refractivity contribution is 5.47. The summed E-state index contributed by atoms with van der Waals surface area (Å²) in [7, 11) is 1.94. The molecule has 2 rings (SSSR count). The van der Waals surface area contributed by atoms with Crippen molar-refractivity contribution >= 4 is 5.69 Å². The standard InChI is InChI=1S/C15H23FN2O/c1-3-18(15-7-5-4-6-14(15)16)11-13-9-8-12(19-13)10-17-2/h4-7,12-13,17H,3,8-11H2,1-2H3. The molecule has 1 fully saturated rings. The molecule has 19 heavy (non-hydrogen) atoms. The Labute approximate surface area is 114 Å². The maximum absolute atomic E-state index is 13.8. The summed E-state index contributed by atoms with van der Waals surface area (Å²) in [4.78, 5) is 2.06. The van der Waals surface area contributed by atoms with Crippen molar-refractivity contribution in [3.05, 3.63) is 30.1 Å². The van der Waals surface area contributed by atoms with Crippen molar-refractivity contribution in [3.63, 3.8) is 0 Å². The maximum Gasteiger partial charge on any atom is 0.146 e. The largest absolute Gasteiger partial charge is 0.372 e. The summed E-state index contributed by atoms with van der Waals surface area (Å²) in [5.41, 5.74) is 0.672. The van der Waals surface area contributed by atoms with Gasteiger partial charge in [0, 0.05) is 19.6 Å². The summed E-state index contributed by atoms with van der Waals surface area (Å²) in [6.07, 6.45) is 2.64. The number of benzene rings is 1. The van der Waals surface area contributed by atoms with Crippen LogP contribution in [0, 0.1) is 5.82 Å². The molecule has 1 heterocycles. The molecule has 0 saturated carbocycles. The van der Waals surface area contributed by atoms with Crippen LogP contribution in [0.4, 0.5) is 10.1 Å². The van der Waals surface area contributed by atoms with E-state index in [2.05, 4.69) is 10.2 Å². The molecule has 2 unspecified atom stereocenters. The van der Waals surface area contributed by atoms with Crippen LogP contribution >= 0.6 is 0 Å². The van der Waals surface area contributed by atoms with Crippen molar-refractivity contribution in [1.29, 1.82) is 0 Å². The smallest absolute Gasteiger partial charge is 0.146 e. The molecule has 1 N–H and O–H groups in total. The summed E-state index contributed by atoms with van der Waals surface area (Å²) < 4.78 is 19.8. The minimum atomic E-state index is -0.158. The van der Waals surface area contributed by atoms with E-state index in [0.29, 0.717) is 11.8 Å². The molecule has 2 atom stereocenters. The normalized spacial score (nSPS) is 22.7. The van der Waals surface area contributed by atoms with Gasteiger partial charge in [-0.2, -0.15) is 0 Å². The zero-order valence-corrected chi connectivity index (χ0v) is 11.7. The van der Waals surface area contributed by atoms with Crippen LogP contribution in [0.15, 0.2) is 24.3 Å². The quantitative estimate of drug-likeness (QED) is 0.856. The molecule has 0 aromatic heterocycles. The van der Waals surface area contributed by atoms with Gasteiger partial charge in [0.15, 0.2) is 0 Å². The third kappa shape index (κ3) is 3.67. The first-order valence-corrected chi connectivity index (χ1v) is 7.04. The topological polar surface area (TPSA) is 24.5 Å². The van der Waals surface area contributed by atoms with E-state index < -0.39 is 0 Å². The minimum Gasteiger partial charge on any atom is -0.372 e. The summed E-state index contributed by atoms with van der Waals surface area (Å²) in [5.74, 6) is -0.158. The lowest BCUT2D eigenvalue weighted by molar-refractivity contribution is 0.0505. The molecule has 106 valence electrons. The number of hydrogen-bond acceptors (Lipinski definition) is 3. The number of rotatable bonds is 6. The Morgan fingerprint density at radius 2 is 2.05 bits per heavy atom. The average molecular weight is 266 g/mol. The van der Waals surface area contributed by atoms with Gasteiger partial charge in [0.25, 0.3) is 0 Å². The number of likely N-dealkylation sites (N-methyl/N-ethyl adjacent to an activating group) is 2. The van der Waals surface area contributed by atoms with E-state index >= 15 is 0 Å². The van der Waals surface area contributed by atoms with E-state index in [-0.39, 0.29) is 11.9 Å². The Kier molecular flexibility index (Phi) is 5.16. The highest BCUT2D eigenvalue weighted by Gasteiger charge is 2.26. The van der Waals surface area contributed by atoms with Gasteiger partial charge in [-0.25, -0.2) is 4.39 Å². The molecule has 0 bridgehead atoms. The number of nitrogens with one attached hydrogen (secondary N) is 1. The van der Waals surface area contributed by atoms with Crippen LogP contribution in [0.3, 0.4) is 0 Å². The second-order valence-corrected chi connectivity index (χ2v) is 5.01. The van der Waals surface area contributed by atoms with E-state index in [4.69, 9.17) is 4.74 Å². The van der Waals surface area contributed by atoms with Crippen LogP contribution in [0.25, 0.3) is 0 Å². The zero-order valence-electron chi connectivity index (χ0n) is 11.7. The van der Waals surface area contributed by atoms with Gasteiger partial charge in [0.1, 0.15) is 5.82 Å². The average Bonchev–Trinajstić information content (AvgIpc) is 2.85. The number of halogens is 1. The van der Waals surface area contributed by atoms with Crippen LogP contribution in [0.1, 0.15) is 19.8 Å². The molecule has 4 heteroatoms.